The minimum absolute atomic E-state index is 0.361. The molecule has 1 heterocycles. The van der Waals surface area contributed by atoms with E-state index in [1.165, 1.54) is 11.3 Å². The third-order valence-electron chi connectivity index (χ3n) is 3.23. The molecule has 0 saturated heterocycles. The highest BCUT2D eigenvalue weighted by atomic mass is 32.1. The quantitative estimate of drug-likeness (QED) is 0.911. The third-order valence-corrected chi connectivity index (χ3v) is 3.88. The zero-order valence-electron chi connectivity index (χ0n) is 10.4. The molecule has 100 valence electrons. The molecule has 1 aromatic heterocycles. The van der Waals surface area contributed by atoms with Gasteiger partial charge in [0.05, 0.1) is 5.60 Å². The molecule has 1 fully saturated rings. The Labute approximate surface area is 115 Å². The second-order valence-electron chi connectivity index (χ2n) is 4.74. The topological polar surface area (TPSA) is 51.6 Å². The van der Waals surface area contributed by atoms with Gasteiger partial charge in [-0.25, -0.2) is 4.98 Å². The number of nitrogens with zero attached hydrogens (tertiary/aromatic N) is 1. The van der Waals surface area contributed by atoms with E-state index in [0.717, 1.165) is 30.8 Å². The largest absolute Gasteiger partial charge is 0.491 e. The fraction of sp³-hybridized carbons (Fsp3) is 0.357. The van der Waals surface area contributed by atoms with Crippen molar-refractivity contribution < 1.29 is 14.6 Å². The molecule has 0 amide bonds. The van der Waals surface area contributed by atoms with Crippen LogP contribution >= 0.6 is 11.3 Å². The van der Waals surface area contributed by atoms with Crippen molar-refractivity contribution in [3.8, 4) is 16.7 Å². The molecule has 0 radical (unpaired) electrons. The van der Waals surface area contributed by atoms with Crippen LogP contribution in [0.4, 0.5) is 0 Å². The SMILES string of the molecule is OC1(COc2ccc(Oc3nccs3)cc2)CCC1. The molecule has 0 bridgehead atoms. The minimum atomic E-state index is -0.615. The van der Waals surface area contributed by atoms with Crippen LogP contribution in [0.15, 0.2) is 35.8 Å². The van der Waals surface area contributed by atoms with Crippen molar-refractivity contribution in [1.82, 2.24) is 4.98 Å². The Bertz CT molecular complexity index is 520. The van der Waals surface area contributed by atoms with Crippen LogP contribution in [-0.4, -0.2) is 22.3 Å². The standard InChI is InChI=1S/C14H15NO3S/c16-14(6-1-7-14)10-17-11-2-4-12(5-3-11)18-13-15-8-9-19-13/h2-5,8-9,16H,1,6-7,10H2. The van der Waals surface area contributed by atoms with Crippen LogP contribution in [0.25, 0.3) is 0 Å². The third kappa shape index (κ3) is 3.05. The van der Waals surface area contributed by atoms with E-state index < -0.39 is 5.60 Å². The van der Waals surface area contributed by atoms with Crippen LogP contribution in [0.5, 0.6) is 16.7 Å². The normalized spacial score (nSPS) is 16.7. The lowest BCUT2D eigenvalue weighted by atomic mass is 9.81. The van der Waals surface area contributed by atoms with Crippen molar-refractivity contribution >= 4 is 11.3 Å². The summed E-state index contributed by atoms with van der Waals surface area (Å²) in [6.07, 6.45) is 4.45. The lowest BCUT2D eigenvalue weighted by Gasteiger charge is -2.35. The predicted octanol–water partition coefficient (Wildman–Crippen LogP) is 3.23. The van der Waals surface area contributed by atoms with E-state index in [-0.39, 0.29) is 0 Å². The van der Waals surface area contributed by atoms with Gasteiger partial charge in [-0.3, -0.25) is 0 Å². The van der Waals surface area contributed by atoms with E-state index in [1.807, 2.05) is 29.6 Å². The van der Waals surface area contributed by atoms with Gasteiger partial charge in [-0.2, -0.15) is 0 Å². The number of hydrogen-bond donors (Lipinski definition) is 1. The summed E-state index contributed by atoms with van der Waals surface area (Å²) in [4.78, 5) is 4.05. The van der Waals surface area contributed by atoms with E-state index in [2.05, 4.69) is 4.98 Å². The lowest BCUT2D eigenvalue weighted by Crippen LogP contribution is -2.42. The van der Waals surface area contributed by atoms with Crippen molar-refractivity contribution in [3.63, 3.8) is 0 Å². The Morgan fingerprint density at radius 1 is 1.21 bits per heavy atom. The van der Waals surface area contributed by atoms with Crippen LogP contribution in [-0.2, 0) is 0 Å². The molecule has 0 spiro atoms. The molecule has 19 heavy (non-hydrogen) atoms. The molecule has 1 aromatic carbocycles. The molecular weight excluding hydrogens is 262 g/mol. The molecule has 1 saturated carbocycles. The van der Waals surface area contributed by atoms with Gasteiger partial charge in [0.15, 0.2) is 0 Å². The maximum atomic E-state index is 9.94. The Kier molecular flexibility index (Phi) is 3.40. The summed E-state index contributed by atoms with van der Waals surface area (Å²) in [6.45, 7) is 0.361. The molecule has 0 unspecified atom stereocenters. The summed E-state index contributed by atoms with van der Waals surface area (Å²) in [5.41, 5.74) is -0.615. The Balaban J connectivity index is 1.56. The number of aromatic nitrogens is 1. The number of ether oxygens (including phenoxy) is 2. The predicted molar refractivity (Wildman–Crippen MR) is 72.9 cm³/mol. The summed E-state index contributed by atoms with van der Waals surface area (Å²) < 4.78 is 11.1. The maximum absolute atomic E-state index is 9.94. The molecule has 5 heteroatoms. The molecule has 3 rings (SSSR count). The monoisotopic (exact) mass is 277 g/mol. The molecule has 0 atom stereocenters. The minimum Gasteiger partial charge on any atom is -0.491 e. The van der Waals surface area contributed by atoms with E-state index >= 15 is 0 Å². The Morgan fingerprint density at radius 2 is 1.95 bits per heavy atom. The number of aliphatic hydroxyl groups is 1. The lowest BCUT2D eigenvalue weighted by molar-refractivity contribution is -0.0663. The number of rotatable bonds is 5. The zero-order chi connectivity index (χ0) is 13.1. The van der Waals surface area contributed by atoms with E-state index in [4.69, 9.17) is 9.47 Å². The Morgan fingerprint density at radius 3 is 2.53 bits per heavy atom. The van der Waals surface area contributed by atoms with Crippen LogP contribution < -0.4 is 9.47 Å². The summed E-state index contributed by atoms with van der Waals surface area (Å²) in [5.74, 6) is 1.47. The van der Waals surface area contributed by atoms with Crippen LogP contribution in [0.3, 0.4) is 0 Å². The van der Waals surface area contributed by atoms with Crippen LogP contribution in [0.1, 0.15) is 19.3 Å². The highest BCUT2D eigenvalue weighted by Crippen LogP contribution is 2.32. The molecule has 0 aliphatic heterocycles. The first-order valence-electron chi connectivity index (χ1n) is 6.26. The number of benzene rings is 1. The first-order chi connectivity index (χ1) is 9.23. The van der Waals surface area contributed by atoms with Gasteiger partial charge in [0.25, 0.3) is 5.19 Å². The number of thiazole rings is 1. The summed E-state index contributed by atoms with van der Waals surface area (Å²) in [5, 5.41) is 12.4. The fourth-order valence-electron chi connectivity index (χ4n) is 1.91. The van der Waals surface area contributed by atoms with Crippen molar-refractivity contribution in [1.29, 1.82) is 0 Å². The maximum Gasteiger partial charge on any atom is 0.278 e. The van der Waals surface area contributed by atoms with Gasteiger partial charge in [-0.15, -0.1) is 0 Å². The average Bonchev–Trinajstić information content (AvgIpc) is 2.89. The van der Waals surface area contributed by atoms with E-state index in [1.54, 1.807) is 6.20 Å². The van der Waals surface area contributed by atoms with Crippen molar-refractivity contribution in [2.75, 3.05) is 6.61 Å². The van der Waals surface area contributed by atoms with Gasteiger partial charge in [-0.1, -0.05) is 11.3 Å². The molecule has 1 N–H and O–H groups in total. The number of hydrogen-bond acceptors (Lipinski definition) is 5. The van der Waals surface area contributed by atoms with Crippen molar-refractivity contribution in [2.24, 2.45) is 0 Å². The van der Waals surface area contributed by atoms with E-state index in [0.29, 0.717) is 11.8 Å². The average molecular weight is 277 g/mol. The van der Waals surface area contributed by atoms with Gasteiger partial charge >= 0.3 is 0 Å². The van der Waals surface area contributed by atoms with Crippen molar-refractivity contribution in [3.05, 3.63) is 35.8 Å². The summed E-state index contributed by atoms with van der Waals surface area (Å²) in [7, 11) is 0. The van der Waals surface area contributed by atoms with Crippen molar-refractivity contribution in [2.45, 2.75) is 24.9 Å². The second-order valence-corrected chi connectivity index (χ2v) is 5.60. The first-order valence-corrected chi connectivity index (χ1v) is 7.14. The Hall–Kier alpha value is -1.59. The van der Waals surface area contributed by atoms with E-state index in [9.17, 15) is 5.11 Å². The molecule has 1 aliphatic rings. The van der Waals surface area contributed by atoms with Gasteiger partial charge in [0.1, 0.15) is 18.1 Å². The highest BCUT2D eigenvalue weighted by Gasteiger charge is 2.35. The van der Waals surface area contributed by atoms with Crippen LogP contribution in [0, 0.1) is 0 Å². The van der Waals surface area contributed by atoms with Crippen LogP contribution in [0.2, 0.25) is 0 Å². The summed E-state index contributed by atoms with van der Waals surface area (Å²) in [6, 6.07) is 7.35. The first kappa shape index (κ1) is 12.4. The molecule has 1 aliphatic carbocycles. The van der Waals surface area contributed by atoms with Gasteiger partial charge in [0.2, 0.25) is 0 Å². The van der Waals surface area contributed by atoms with Gasteiger partial charge < -0.3 is 14.6 Å². The zero-order valence-corrected chi connectivity index (χ0v) is 11.2. The molecule has 4 nitrogen and oxygen atoms in total. The molecule has 2 aromatic rings. The fourth-order valence-corrected chi connectivity index (χ4v) is 2.42. The molecular formula is C14H15NO3S. The smallest absolute Gasteiger partial charge is 0.278 e. The highest BCUT2D eigenvalue weighted by molar-refractivity contribution is 7.11. The van der Waals surface area contributed by atoms with Gasteiger partial charge in [-0.05, 0) is 43.5 Å². The second kappa shape index (κ2) is 5.19. The van der Waals surface area contributed by atoms with Gasteiger partial charge in [0, 0.05) is 11.6 Å². The summed E-state index contributed by atoms with van der Waals surface area (Å²) >= 11 is 1.45.